The molecular formula is C6H6F2FmNO3-. The predicted octanol–water partition coefficient (Wildman–Crippen LogP) is -0.152. The van der Waals surface area contributed by atoms with E-state index in [4.69, 9.17) is 5.11 Å². The number of amides is 1. The zero-order valence-corrected chi connectivity index (χ0v) is 8.65. The van der Waals surface area contributed by atoms with Crippen LogP contribution in [0.25, 0.3) is 0 Å². The van der Waals surface area contributed by atoms with Crippen molar-refractivity contribution in [3.05, 3.63) is 0 Å². The van der Waals surface area contributed by atoms with Crippen molar-refractivity contribution in [3.8, 4) is 0 Å². The number of hydrogen-bond donors (Lipinski definition) is 1. The van der Waals surface area contributed by atoms with Crippen molar-refractivity contribution >= 4 is 12.4 Å². The number of hydrogen-bond acceptors (Lipinski definition) is 2. The molecule has 0 aromatic heterocycles. The fourth-order valence-electron chi connectivity index (χ4n) is 1.18. The maximum Gasteiger partial charge on any atom is 0.330 e. The molecule has 1 rings (SSSR count). The number of rotatable bonds is 2. The van der Waals surface area contributed by atoms with Gasteiger partial charge in [-0.05, 0) is 6.54 Å². The zero-order valence-electron chi connectivity index (χ0n) is 6.25. The maximum absolute atomic E-state index is 12.7. The van der Waals surface area contributed by atoms with Crippen LogP contribution in [0.1, 0.15) is 6.42 Å². The first-order valence-electron chi connectivity index (χ1n) is 3.24. The Hall–Kier alpha value is -2.20. The van der Waals surface area contributed by atoms with Crippen LogP contribution in [0.3, 0.4) is 0 Å². The summed E-state index contributed by atoms with van der Waals surface area (Å²) in [7, 11) is 0. The molecule has 1 fully saturated rings. The zero-order chi connectivity index (χ0) is 9.35. The molecule has 7 heteroatoms. The molecule has 1 saturated heterocycles. The van der Waals surface area contributed by atoms with Crippen molar-refractivity contribution in [1.29, 1.82) is 0 Å². The van der Waals surface area contributed by atoms with Crippen LogP contribution in [0.2, 0.25) is 0 Å². The first-order valence-corrected chi connectivity index (χ1v) is 3.24. The summed E-state index contributed by atoms with van der Waals surface area (Å²) in [5.41, 5.74) is 0. The molecule has 1 atom stereocenters. The molecule has 0 bridgehead atoms. The molecule has 1 unspecified atom stereocenters. The van der Waals surface area contributed by atoms with Gasteiger partial charge in [0.25, 0.3) is 5.92 Å². The van der Waals surface area contributed by atoms with Crippen molar-refractivity contribution in [2.24, 2.45) is 0 Å². The summed E-state index contributed by atoms with van der Waals surface area (Å²) in [5.74, 6) is -5.02. The quantitative estimate of drug-likeness (QED) is 0.615. The van der Waals surface area contributed by atoms with Gasteiger partial charge in [-0.15, -0.1) is 0 Å². The van der Waals surface area contributed by atoms with E-state index >= 15 is 0 Å². The van der Waals surface area contributed by atoms with E-state index < -0.39 is 24.4 Å². The first kappa shape index (κ1) is 10.8. The van der Waals surface area contributed by atoms with Crippen LogP contribution in [-0.4, -0.2) is 40.9 Å². The predicted molar refractivity (Wildman–Crippen MR) is 33.4 cm³/mol. The molecule has 0 spiro atoms. The van der Waals surface area contributed by atoms with E-state index in [0.717, 1.165) is 0 Å². The first-order chi connectivity index (χ1) is 5.49. The molecule has 1 heterocycles. The standard InChI is InChI=1S/C6H6F2NO3.Fm/c7-6(8)1-2-9(3-10)4(6)5(11)12;/h4H,1-2H2,(H,11,12);/q-1;. The Labute approximate surface area is 66.8 Å². The molecule has 0 saturated carbocycles. The third-order valence-corrected chi connectivity index (χ3v) is 1.75. The van der Waals surface area contributed by atoms with Crippen molar-refractivity contribution < 1.29 is 23.5 Å². The van der Waals surface area contributed by atoms with E-state index in [1.165, 1.54) is 6.41 Å². The second kappa shape index (κ2) is 3.04. The largest absolute Gasteiger partial charge is 0.520 e. The summed E-state index contributed by atoms with van der Waals surface area (Å²) < 4.78 is 25.4. The van der Waals surface area contributed by atoms with Gasteiger partial charge >= 0.3 is 5.97 Å². The molecule has 1 aliphatic heterocycles. The molecule has 1 aliphatic rings. The van der Waals surface area contributed by atoms with Crippen LogP contribution in [0.4, 0.5) is 8.78 Å². The molecule has 80 valence electrons. The Morgan fingerprint density at radius 2 is 2.15 bits per heavy atom. The monoisotopic (exact) mass is 435 g/mol. The SMILES string of the molecule is O=[C-]N1CCC(F)(F)C1C(=O)O.[Fm]. The minimum absolute atomic E-state index is 0. The van der Waals surface area contributed by atoms with Gasteiger partial charge in [0.15, 0.2) is 6.04 Å². The number of alkyl halides is 2. The Morgan fingerprint density at radius 1 is 1.62 bits per heavy atom. The van der Waals surface area contributed by atoms with E-state index in [2.05, 4.69) is 0 Å². The maximum atomic E-state index is 12.7. The number of aliphatic carboxylic acids is 1. The van der Waals surface area contributed by atoms with Gasteiger partial charge in [0.2, 0.25) is 0 Å². The summed E-state index contributed by atoms with van der Waals surface area (Å²) in [4.78, 5) is 20.8. The second-order valence-electron chi connectivity index (χ2n) is 2.54. The van der Waals surface area contributed by atoms with Crippen LogP contribution < -0.4 is 0 Å². The number of carbonyl (C=O) groups excluding carboxylic acids is 1. The fraction of sp³-hybridized carbons (Fsp3) is 0.667. The topological polar surface area (TPSA) is 57.6 Å². The van der Waals surface area contributed by atoms with Gasteiger partial charge in [-0.1, -0.05) is 0 Å². The van der Waals surface area contributed by atoms with E-state index in [9.17, 15) is 18.4 Å². The average Bonchev–Trinajstić information content (AvgIpc) is 2.24. The van der Waals surface area contributed by atoms with E-state index in [1.54, 1.807) is 0 Å². The van der Waals surface area contributed by atoms with E-state index in [1.807, 2.05) is 0 Å². The molecule has 0 aliphatic carbocycles. The third kappa shape index (κ3) is 1.52. The van der Waals surface area contributed by atoms with Crippen LogP contribution in [0, 0.1) is 0 Å². The van der Waals surface area contributed by atoms with Crippen LogP contribution in [0.15, 0.2) is 0 Å². The van der Waals surface area contributed by atoms with E-state index in [0.29, 0.717) is 4.90 Å². The summed E-state index contributed by atoms with van der Waals surface area (Å²) in [6.45, 7) is -0.256. The van der Waals surface area contributed by atoms with Crippen molar-refractivity contribution in [1.82, 2.24) is 4.90 Å². The van der Waals surface area contributed by atoms with Gasteiger partial charge < -0.3 is 14.8 Å². The minimum Gasteiger partial charge on any atom is -0.520 e. The molecular weight excluding hydrogens is 429 g/mol. The van der Waals surface area contributed by atoms with Gasteiger partial charge in [0.05, 0.1) is 0 Å². The van der Waals surface area contributed by atoms with Gasteiger partial charge in [-0.25, -0.2) is 13.6 Å². The molecule has 13 heavy (non-hydrogen) atoms. The van der Waals surface area contributed by atoms with Crippen LogP contribution >= 0.6 is 0 Å². The second-order valence-corrected chi connectivity index (χ2v) is 2.54. The van der Waals surface area contributed by atoms with Crippen LogP contribution in [-0.2, 0) is 9.59 Å². The molecule has 1 amide bonds. The van der Waals surface area contributed by atoms with E-state index in [-0.39, 0.29) is 6.54 Å². The smallest absolute Gasteiger partial charge is 0.330 e. The summed E-state index contributed by atoms with van der Waals surface area (Å²) in [6, 6.07) is -2.05. The molecule has 0 aromatic rings. The summed E-state index contributed by atoms with van der Waals surface area (Å²) >= 11 is 0. The van der Waals surface area contributed by atoms with Crippen LogP contribution in [0.5, 0.6) is 0 Å². The van der Waals surface area contributed by atoms with Gasteiger partial charge in [-0.2, -0.15) is 6.41 Å². The number of halogens is 2. The van der Waals surface area contributed by atoms with Gasteiger partial charge in [-0.3, -0.25) is 0 Å². The number of carbonyl (C=O) groups is 1. The fourth-order valence-corrected chi connectivity index (χ4v) is 1.18. The number of nitrogens with zero attached hydrogens (tertiary/aromatic N) is 1. The summed E-state index contributed by atoms with van der Waals surface area (Å²) in [5, 5.41) is 8.35. The van der Waals surface area contributed by atoms with Crippen molar-refractivity contribution in [2.45, 2.75) is 18.4 Å². The summed E-state index contributed by atoms with van der Waals surface area (Å²) in [6.07, 6.45) is 0.562. The number of likely N-dealkylation sites (tertiary alicyclic amines) is 1. The molecule has 0 aromatic carbocycles. The Bertz CT molecular complexity index is 224. The van der Waals surface area contributed by atoms with Gasteiger partial charge in [0.1, 0.15) is 0 Å². The van der Waals surface area contributed by atoms with Crippen molar-refractivity contribution in [2.75, 3.05) is 6.54 Å². The van der Waals surface area contributed by atoms with Gasteiger partial charge in [0, 0.05) is 6.42 Å². The Morgan fingerprint density at radius 3 is 2.46 bits per heavy atom. The Kier molecular flexibility index (Phi) is 2.53. The minimum atomic E-state index is -3.33. The number of carboxylic acid groups (broad SMARTS) is 1. The molecule has 4 nitrogen and oxygen atoms in total. The Balaban J connectivity index is 0.00000144. The normalized spacial score (nSPS) is 25.1. The van der Waals surface area contributed by atoms with Crippen molar-refractivity contribution in [3.63, 3.8) is 0 Å². The third-order valence-electron chi connectivity index (χ3n) is 1.75. The number of carboxylic acids is 1. The molecule has 0 radical (unpaired) electrons. The molecule has 1 N–H and O–H groups in total. The average molecular weight is 435 g/mol.